The Kier molecular flexibility index (Phi) is 5.43. The van der Waals surface area contributed by atoms with Crippen LogP contribution >= 0.6 is 11.6 Å². The van der Waals surface area contributed by atoms with E-state index in [-0.39, 0.29) is 18.6 Å². The first-order chi connectivity index (χ1) is 12.5. The van der Waals surface area contributed by atoms with Gasteiger partial charge in [-0.25, -0.2) is 0 Å². The average molecular weight is 371 g/mol. The second kappa shape index (κ2) is 7.93. The Hall–Kier alpha value is -2.99. The van der Waals surface area contributed by atoms with Crippen LogP contribution in [-0.4, -0.2) is 21.9 Å². The van der Waals surface area contributed by atoms with Gasteiger partial charge in [0.15, 0.2) is 5.78 Å². The van der Waals surface area contributed by atoms with Crippen LogP contribution in [0, 0.1) is 0 Å². The molecule has 3 aromatic rings. The van der Waals surface area contributed by atoms with Crippen molar-refractivity contribution in [2.24, 2.45) is 0 Å². The summed E-state index contributed by atoms with van der Waals surface area (Å²) in [5.41, 5.74) is 1.26. The van der Waals surface area contributed by atoms with E-state index in [1.807, 2.05) is 0 Å². The average Bonchev–Trinajstić information content (AvgIpc) is 3.10. The number of ether oxygens (including phenoxy) is 1. The molecule has 0 aliphatic rings. The molecule has 1 aromatic heterocycles. The molecule has 0 unspecified atom stereocenters. The molecule has 7 heteroatoms. The number of aromatic nitrogens is 2. The third-order valence-corrected chi connectivity index (χ3v) is 3.84. The van der Waals surface area contributed by atoms with Gasteiger partial charge in [-0.2, -0.15) is 4.98 Å². The zero-order chi connectivity index (χ0) is 18.5. The van der Waals surface area contributed by atoms with Crippen molar-refractivity contribution in [2.45, 2.75) is 19.8 Å². The molecule has 6 nitrogen and oxygen atoms in total. The van der Waals surface area contributed by atoms with Crippen LogP contribution in [0.15, 0.2) is 53.1 Å². The monoisotopic (exact) mass is 370 g/mol. The van der Waals surface area contributed by atoms with Crippen molar-refractivity contribution in [2.75, 3.05) is 0 Å². The van der Waals surface area contributed by atoms with Gasteiger partial charge >= 0.3 is 5.97 Å². The van der Waals surface area contributed by atoms with Crippen LogP contribution in [0.1, 0.15) is 29.6 Å². The number of nitrogens with zero attached hydrogens (tertiary/aromatic N) is 2. The summed E-state index contributed by atoms with van der Waals surface area (Å²) in [5.74, 6) is 0.555. The zero-order valence-corrected chi connectivity index (χ0v) is 14.7. The van der Waals surface area contributed by atoms with E-state index in [1.165, 1.54) is 13.0 Å². The van der Waals surface area contributed by atoms with Crippen LogP contribution in [0.25, 0.3) is 11.4 Å². The van der Waals surface area contributed by atoms with Gasteiger partial charge in [0.2, 0.25) is 11.7 Å². The van der Waals surface area contributed by atoms with E-state index < -0.39 is 5.97 Å². The molecule has 26 heavy (non-hydrogen) atoms. The highest BCUT2D eigenvalue weighted by atomic mass is 35.5. The minimum absolute atomic E-state index is 0.0759. The van der Waals surface area contributed by atoms with Gasteiger partial charge in [-0.05, 0) is 43.3 Å². The van der Waals surface area contributed by atoms with E-state index in [2.05, 4.69) is 10.1 Å². The number of carbonyl (C=O) groups excluding carboxylic acids is 2. The molecule has 0 aliphatic heterocycles. The zero-order valence-electron chi connectivity index (χ0n) is 13.9. The number of halogens is 1. The maximum Gasteiger partial charge on any atom is 0.311 e. The minimum Gasteiger partial charge on any atom is -0.426 e. The molecule has 2 aromatic carbocycles. The van der Waals surface area contributed by atoms with Gasteiger partial charge in [0.05, 0.1) is 6.42 Å². The molecule has 0 N–H and O–H groups in total. The second-order valence-corrected chi connectivity index (χ2v) is 6.01. The maximum atomic E-state index is 12.0. The summed E-state index contributed by atoms with van der Waals surface area (Å²) < 4.78 is 10.4. The fourth-order valence-electron chi connectivity index (χ4n) is 2.24. The van der Waals surface area contributed by atoms with Crippen LogP contribution in [0.4, 0.5) is 0 Å². The van der Waals surface area contributed by atoms with Crippen LogP contribution in [0.3, 0.4) is 0 Å². The highest BCUT2D eigenvalue weighted by molar-refractivity contribution is 6.30. The standard InChI is InChI=1S/C19H15ClN2O4/c1-12(23)14-3-2-4-16(11-14)25-18(24)10-9-17-21-19(22-26-17)13-5-7-15(20)8-6-13/h2-8,11H,9-10H2,1H3. The van der Waals surface area contributed by atoms with Crippen LogP contribution in [0.5, 0.6) is 5.75 Å². The van der Waals surface area contributed by atoms with E-state index in [0.717, 1.165) is 5.56 Å². The van der Waals surface area contributed by atoms with Gasteiger partial charge in [-0.15, -0.1) is 0 Å². The minimum atomic E-state index is -0.447. The molecule has 0 amide bonds. The van der Waals surface area contributed by atoms with Crippen molar-refractivity contribution in [1.29, 1.82) is 0 Å². The summed E-state index contributed by atoms with van der Waals surface area (Å²) in [4.78, 5) is 27.6. The molecule has 0 bridgehead atoms. The first-order valence-electron chi connectivity index (χ1n) is 7.91. The quantitative estimate of drug-likeness (QED) is 0.368. The van der Waals surface area contributed by atoms with Gasteiger partial charge in [-0.1, -0.05) is 28.9 Å². The van der Waals surface area contributed by atoms with Crippen LogP contribution in [0.2, 0.25) is 5.02 Å². The van der Waals surface area contributed by atoms with E-state index >= 15 is 0 Å². The lowest BCUT2D eigenvalue weighted by molar-refractivity contribution is -0.134. The number of ketones is 1. The van der Waals surface area contributed by atoms with Crippen molar-refractivity contribution in [3.8, 4) is 17.1 Å². The number of aryl methyl sites for hydroxylation is 1. The molecule has 0 radical (unpaired) electrons. The fraction of sp³-hybridized carbons (Fsp3) is 0.158. The van der Waals surface area contributed by atoms with Crippen LogP contribution in [-0.2, 0) is 11.2 Å². The summed E-state index contributed by atoms with van der Waals surface area (Å²) in [7, 11) is 0. The number of rotatable bonds is 6. The number of benzene rings is 2. The number of esters is 1. The molecule has 132 valence electrons. The van der Waals surface area contributed by atoms with Gasteiger partial charge in [-0.3, -0.25) is 9.59 Å². The summed E-state index contributed by atoms with van der Waals surface area (Å²) in [5, 5.41) is 4.51. The van der Waals surface area contributed by atoms with Crippen LogP contribution < -0.4 is 4.74 Å². The number of carbonyl (C=O) groups is 2. The lowest BCUT2D eigenvalue weighted by Gasteiger charge is -2.04. The summed E-state index contributed by atoms with van der Waals surface area (Å²) >= 11 is 5.85. The fourth-order valence-corrected chi connectivity index (χ4v) is 2.37. The third kappa shape index (κ3) is 4.55. The third-order valence-electron chi connectivity index (χ3n) is 3.59. The van der Waals surface area contributed by atoms with Gasteiger partial charge in [0.25, 0.3) is 0 Å². The van der Waals surface area contributed by atoms with E-state index in [4.69, 9.17) is 20.9 Å². The normalized spacial score (nSPS) is 10.5. The van der Waals surface area contributed by atoms with E-state index in [9.17, 15) is 9.59 Å². The van der Waals surface area contributed by atoms with Crippen molar-refractivity contribution in [3.63, 3.8) is 0 Å². The molecular weight excluding hydrogens is 356 g/mol. The Morgan fingerprint density at radius 3 is 2.65 bits per heavy atom. The number of hydrogen-bond acceptors (Lipinski definition) is 6. The second-order valence-electron chi connectivity index (χ2n) is 5.58. The van der Waals surface area contributed by atoms with Crippen molar-refractivity contribution in [1.82, 2.24) is 10.1 Å². The maximum absolute atomic E-state index is 12.0. The molecule has 0 spiro atoms. The largest absolute Gasteiger partial charge is 0.426 e. The molecule has 0 fully saturated rings. The van der Waals surface area contributed by atoms with Gasteiger partial charge in [0.1, 0.15) is 5.75 Å². The highest BCUT2D eigenvalue weighted by Crippen LogP contribution is 2.19. The predicted molar refractivity (Wildman–Crippen MR) is 95.1 cm³/mol. The lowest BCUT2D eigenvalue weighted by Crippen LogP contribution is -2.09. The summed E-state index contributed by atoms with van der Waals surface area (Å²) in [6.07, 6.45) is 0.332. The molecule has 1 heterocycles. The number of Topliss-reactive ketones (excluding diaryl/α,β-unsaturated/α-hetero) is 1. The molecule has 0 aliphatic carbocycles. The van der Waals surface area contributed by atoms with Crippen molar-refractivity contribution >= 4 is 23.4 Å². The lowest BCUT2D eigenvalue weighted by atomic mass is 10.1. The van der Waals surface area contributed by atoms with Gasteiger partial charge < -0.3 is 9.26 Å². The van der Waals surface area contributed by atoms with E-state index in [0.29, 0.717) is 28.1 Å². The molecule has 0 saturated heterocycles. The Morgan fingerprint density at radius 1 is 1.15 bits per heavy atom. The molecule has 0 saturated carbocycles. The Morgan fingerprint density at radius 2 is 1.92 bits per heavy atom. The topological polar surface area (TPSA) is 82.3 Å². The Bertz CT molecular complexity index is 935. The Balaban J connectivity index is 1.57. The summed E-state index contributed by atoms with van der Waals surface area (Å²) in [6.45, 7) is 1.45. The first kappa shape index (κ1) is 17.8. The first-order valence-corrected chi connectivity index (χ1v) is 8.29. The SMILES string of the molecule is CC(=O)c1cccc(OC(=O)CCc2nc(-c3ccc(Cl)cc3)no2)c1. The Labute approximate surface area is 154 Å². The van der Waals surface area contributed by atoms with Crippen molar-refractivity contribution in [3.05, 3.63) is 65.0 Å². The van der Waals surface area contributed by atoms with E-state index in [1.54, 1.807) is 42.5 Å². The predicted octanol–water partition coefficient (Wildman–Crippen LogP) is 4.13. The smallest absolute Gasteiger partial charge is 0.311 e. The van der Waals surface area contributed by atoms with Gasteiger partial charge in [0, 0.05) is 22.6 Å². The highest BCUT2D eigenvalue weighted by Gasteiger charge is 2.12. The summed E-state index contributed by atoms with van der Waals surface area (Å²) in [6, 6.07) is 13.5. The molecule has 0 atom stereocenters. The molecular formula is C19H15ClN2O4. The van der Waals surface area contributed by atoms with Crippen molar-refractivity contribution < 1.29 is 18.8 Å². The number of hydrogen-bond donors (Lipinski definition) is 0. The molecule has 3 rings (SSSR count).